The minimum absolute atomic E-state index is 0.119. The largest absolute Gasteiger partial charge is 0.460 e. The van der Waals surface area contributed by atoms with E-state index in [1.54, 1.807) is 35.6 Å². The molecule has 1 aromatic carbocycles. The number of benzene rings is 1. The number of carbonyl (C=O) groups is 1. The third kappa shape index (κ3) is 3.43. The van der Waals surface area contributed by atoms with Crippen LogP contribution in [0.5, 0.6) is 0 Å². The van der Waals surface area contributed by atoms with E-state index in [1.165, 1.54) is 0 Å². The van der Waals surface area contributed by atoms with E-state index in [0.29, 0.717) is 11.6 Å². The lowest BCUT2D eigenvalue weighted by Crippen LogP contribution is -2.13. The average Bonchev–Trinajstić information content (AvgIpc) is 3.05. The molecule has 2 atom stereocenters. The fraction of sp³-hybridized carbons (Fsp3) is 0.412. The number of carbonyl (C=O) groups excluding carboxylic acids is 1. The molecule has 0 N–H and O–H groups in total. The summed E-state index contributed by atoms with van der Waals surface area (Å²) in [6, 6.07) is 2.45. The molecule has 24 heavy (non-hydrogen) atoms. The van der Waals surface area contributed by atoms with Gasteiger partial charge in [0, 0.05) is 17.2 Å². The number of halogens is 4. The van der Waals surface area contributed by atoms with Gasteiger partial charge < -0.3 is 4.74 Å². The topological polar surface area (TPSA) is 50.1 Å². The van der Waals surface area contributed by atoms with E-state index >= 15 is 0 Å². The first-order valence-electron chi connectivity index (χ1n) is 7.18. The van der Waals surface area contributed by atoms with Crippen LogP contribution in [0.3, 0.4) is 0 Å². The summed E-state index contributed by atoms with van der Waals surface area (Å²) < 4.78 is 45.5. The Morgan fingerprint density at radius 3 is 2.62 bits per heavy atom. The van der Waals surface area contributed by atoms with Crippen LogP contribution in [0.15, 0.2) is 17.7 Å². The Kier molecular flexibility index (Phi) is 5.28. The van der Waals surface area contributed by atoms with Gasteiger partial charge in [0.1, 0.15) is 12.4 Å². The van der Waals surface area contributed by atoms with Crippen LogP contribution >= 0.6 is 22.6 Å². The summed E-state index contributed by atoms with van der Waals surface area (Å²) in [6.07, 6.45) is 1.71. The molecule has 128 valence electrons. The molecule has 1 aliphatic rings. The van der Waals surface area contributed by atoms with Gasteiger partial charge in [-0.15, -0.1) is 0 Å². The van der Waals surface area contributed by atoms with Gasteiger partial charge in [-0.1, -0.05) is 19.9 Å². The van der Waals surface area contributed by atoms with E-state index in [9.17, 15) is 18.0 Å². The van der Waals surface area contributed by atoms with Crippen molar-refractivity contribution in [1.29, 1.82) is 5.26 Å². The molecule has 1 aromatic rings. The Morgan fingerprint density at radius 1 is 1.42 bits per heavy atom. The van der Waals surface area contributed by atoms with Crippen molar-refractivity contribution in [2.45, 2.75) is 27.4 Å². The number of nitrogens with zero attached hydrogens (tertiary/aromatic N) is 1. The first kappa shape index (κ1) is 18.8. The second kappa shape index (κ2) is 6.75. The van der Waals surface area contributed by atoms with E-state index < -0.39 is 35.9 Å². The smallest absolute Gasteiger partial charge is 0.310 e. The van der Waals surface area contributed by atoms with Crippen molar-refractivity contribution in [3.63, 3.8) is 0 Å². The lowest BCUT2D eigenvalue weighted by molar-refractivity contribution is -0.147. The van der Waals surface area contributed by atoms with Crippen LogP contribution in [0.4, 0.5) is 13.2 Å². The van der Waals surface area contributed by atoms with Gasteiger partial charge >= 0.3 is 5.97 Å². The molecule has 0 unspecified atom stereocenters. The number of esters is 1. The van der Waals surface area contributed by atoms with Crippen molar-refractivity contribution < 1.29 is 22.7 Å². The van der Waals surface area contributed by atoms with Crippen LogP contribution in [0.2, 0.25) is 0 Å². The molecule has 3 nitrogen and oxygen atoms in total. The first-order chi connectivity index (χ1) is 11.1. The van der Waals surface area contributed by atoms with E-state index in [1.807, 2.05) is 19.9 Å². The van der Waals surface area contributed by atoms with Gasteiger partial charge in [0.15, 0.2) is 11.6 Å². The lowest BCUT2D eigenvalue weighted by atomic mass is 10.1. The minimum atomic E-state index is -1.32. The summed E-state index contributed by atoms with van der Waals surface area (Å²) in [6.45, 7) is 4.82. The number of hydrogen-bond acceptors (Lipinski definition) is 3. The van der Waals surface area contributed by atoms with Crippen LogP contribution in [-0.4, -0.2) is 5.97 Å². The van der Waals surface area contributed by atoms with Crippen molar-refractivity contribution >= 4 is 28.6 Å². The van der Waals surface area contributed by atoms with Crippen LogP contribution in [0.25, 0.3) is 0 Å². The molecule has 0 saturated heterocycles. The molecular formula is C17H15F3INO2. The maximum absolute atomic E-state index is 13.8. The van der Waals surface area contributed by atoms with Crippen LogP contribution in [0.1, 0.15) is 26.3 Å². The minimum Gasteiger partial charge on any atom is -0.460 e. The zero-order chi connectivity index (χ0) is 18.2. The zero-order valence-corrected chi connectivity index (χ0v) is 15.4. The highest BCUT2D eigenvalue weighted by atomic mass is 127. The number of hydrogen-bond donors (Lipinski definition) is 0. The van der Waals surface area contributed by atoms with E-state index in [0.717, 1.165) is 0 Å². The summed E-state index contributed by atoms with van der Waals surface area (Å²) in [4.78, 5) is 12.2. The summed E-state index contributed by atoms with van der Waals surface area (Å²) in [5.41, 5.74) is -0.204. The molecule has 1 aliphatic carbocycles. The Balaban J connectivity index is 2.12. The summed E-state index contributed by atoms with van der Waals surface area (Å²) in [7, 11) is 0. The Labute approximate surface area is 151 Å². The highest BCUT2D eigenvalue weighted by molar-refractivity contribution is 14.1. The number of allylic oxidation sites excluding steroid dienone is 2. The second-order valence-electron chi connectivity index (χ2n) is 6.34. The second-order valence-corrected chi connectivity index (χ2v) is 7.42. The van der Waals surface area contributed by atoms with Crippen molar-refractivity contribution in [2.75, 3.05) is 0 Å². The molecule has 1 fully saturated rings. The number of nitriles is 1. The van der Waals surface area contributed by atoms with Gasteiger partial charge in [0.2, 0.25) is 0 Å². The number of ether oxygens (including phenoxy) is 1. The average molecular weight is 449 g/mol. The standard InChI is InChI=1S/C17H15F3INO2/c1-8(6-22)4-10-13(17(10,2)3)16(23)24-7-9-14(20)11(18)5-12(19)15(9)21/h4-5,10,13H,7H2,1-3H3/t10-,13+/m1/s1. The predicted molar refractivity (Wildman–Crippen MR) is 89.0 cm³/mol. The normalized spacial score (nSPS) is 22.0. The van der Waals surface area contributed by atoms with Gasteiger partial charge in [0.25, 0.3) is 0 Å². The summed E-state index contributed by atoms with van der Waals surface area (Å²) in [5, 5.41) is 8.82. The van der Waals surface area contributed by atoms with Crippen molar-refractivity contribution in [3.8, 4) is 6.07 Å². The van der Waals surface area contributed by atoms with Crippen LogP contribution < -0.4 is 0 Å². The predicted octanol–water partition coefficient (Wildman–Crippen LogP) is 4.49. The maximum Gasteiger partial charge on any atom is 0.310 e. The van der Waals surface area contributed by atoms with Gasteiger partial charge in [-0.25, -0.2) is 13.2 Å². The quantitative estimate of drug-likeness (QED) is 0.295. The first-order valence-corrected chi connectivity index (χ1v) is 8.26. The molecule has 0 spiro atoms. The lowest BCUT2D eigenvalue weighted by Gasteiger charge is -2.10. The van der Waals surface area contributed by atoms with Gasteiger partial charge in [-0.3, -0.25) is 4.79 Å². The van der Waals surface area contributed by atoms with Crippen molar-refractivity contribution in [3.05, 3.63) is 44.3 Å². The molecule has 0 bridgehead atoms. The zero-order valence-electron chi connectivity index (χ0n) is 13.3. The monoisotopic (exact) mass is 449 g/mol. The fourth-order valence-electron chi connectivity index (χ4n) is 2.73. The third-order valence-corrected chi connectivity index (χ3v) is 5.50. The molecule has 0 aromatic heterocycles. The molecular weight excluding hydrogens is 434 g/mol. The Morgan fingerprint density at radius 2 is 2.04 bits per heavy atom. The maximum atomic E-state index is 13.8. The van der Waals surface area contributed by atoms with Crippen molar-refractivity contribution in [2.24, 2.45) is 17.3 Å². The summed E-state index contributed by atoms with van der Waals surface area (Å²) in [5.74, 6) is -4.65. The van der Waals surface area contributed by atoms with Gasteiger partial charge in [-0.05, 0) is 40.8 Å². The highest BCUT2D eigenvalue weighted by Gasteiger charge is 2.61. The van der Waals surface area contributed by atoms with E-state index in [2.05, 4.69) is 0 Å². The van der Waals surface area contributed by atoms with Crippen LogP contribution in [-0.2, 0) is 16.1 Å². The third-order valence-electron chi connectivity index (χ3n) is 4.33. The Hall–Kier alpha value is -1.56. The molecule has 2 rings (SSSR count). The Bertz CT molecular complexity index is 742. The molecule has 0 heterocycles. The van der Waals surface area contributed by atoms with E-state index in [4.69, 9.17) is 10.00 Å². The fourth-order valence-corrected chi connectivity index (χ4v) is 3.28. The SMILES string of the molecule is CC(C#N)=C[C@@H]1[C@@H](C(=O)OCc2c(F)c(F)cc(F)c2I)C1(C)C. The van der Waals surface area contributed by atoms with Crippen LogP contribution in [0, 0.1) is 49.6 Å². The summed E-state index contributed by atoms with van der Waals surface area (Å²) >= 11 is 1.54. The van der Waals surface area contributed by atoms with Crippen molar-refractivity contribution in [1.82, 2.24) is 0 Å². The molecule has 0 aliphatic heterocycles. The molecule has 1 saturated carbocycles. The molecule has 0 amide bonds. The molecule has 0 radical (unpaired) electrons. The van der Waals surface area contributed by atoms with Gasteiger partial charge in [0.05, 0.1) is 15.6 Å². The highest BCUT2D eigenvalue weighted by Crippen LogP contribution is 2.59. The van der Waals surface area contributed by atoms with E-state index in [-0.39, 0.29) is 20.5 Å². The number of rotatable bonds is 4. The molecule has 7 heteroatoms. The van der Waals surface area contributed by atoms with Gasteiger partial charge in [-0.2, -0.15) is 5.26 Å².